The van der Waals surface area contributed by atoms with Gasteiger partial charge in [0.1, 0.15) is 23.5 Å². The van der Waals surface area contributed by atoms with Gasteiger partial charge in [0.05, 0.1) is 12.0 Å². The summed E-state index contributed by atoms with van der Waals surface area (Å²) in [6.45, 7) is 0.322. The predicted octanol–water partition coefficient (Wildman–Crippen LogP) is 3.49. The Balaban J connectivity index is 1.50. The molecule has 3 heterocycles. The van der Waals surface area contributed by atoms with Crippen molar-refractivity contribution >= 4 is 34.1 Å². The Bertz CT molecular complexity index is 820. The summed E-state index contributed by atoms with van der Waals surface area (Å²) in [5.41, 5.74) is 0. The third kappa shape index (κ3) is 3.02. The van der Waals surface area contributed by atoms with Crippen LogP contribution in [0.2, 0.25) is 0 Å². The molecule has 0 radical (unpaired) electrons. The SMILES string of the molecule is O=C1CSC(c2ccco2)N1c1nnc(COc2ccccc2)s1. The van der Waals surface area contributed by atoms with Crippen LogP contribution in [0.15, 0.2) is 53.1 Å². The van der Waals surface area contributed by atoms with Crippen molar-refractivity contribution in [1.82, 2.24) is 10.2 Å². The number of thioether (sulfide) groups is 1. The van der Waals surface area contributed by atoms with Gasteiger partial charge < -0.3 is 9.15 Å². The van der Waals surface area contributed by atoms with Crippen molar-refractivity contribution in [2.75, 3.05) is 10.7 Å². The third-order valence-corrected chi connectivity index (χ3v) is 5.49. The maximum atomic E-state index is 12.2. The number of hydrogen-bond acceptors (Lipinski definition) is 7. The largest absolute Gasteiger partial charge is 0.486 e. The number of amides is 1. The maximum Gasteiger partial charge on any atom is 0.240 e. The molecule has 8 heteroatoms. The van der Waals surface area contributed by atoms with Crippen LogP contribution in [0, 0.1) is 0 Å². The van der Waals surface area contributed by atoms with Crippen LogP contribution in [-0.4, -0.2) is 21.9 Å². The smallest absolute Gasteiger partial charge is 0.240 e. The van der Waals surface area contributed by atoms with Crippen molar-refractivity contribution in [2.45, 2.75) is 12.0 Å². The van der Waals surface area contributed by atoms with Gasteiger partial charge in [-0.3, -0.25) is 9.69 Å². The van der Waals surface area contributed by atoms with Crippen LogP contribution >= 0.6 is 23.1 Å². The molecule has 1 aliphatic heterocycles. The van der Waals surface area contributed by atoms with Gasteiger partial charge in [0.15, 0.2) is 5.01 Å². The van der Waals surface area contributed by atoms with E-state index in [1.54, 1.807) is 11.2 Å². The second-order valence-electron chi connectivity index (χ2n) is 5.02. The maximum absolute atomic E-state index is 12.2. The van der Waals surface area contributed by atoms with Gasteiger partial charge >= 0.3 is 0 Å². The van der Waals surface area contributed by atoms with E-state index in [1.165, 1.54) is 23.1 Å². The van der Waals surface area contributed by atoms with E-state index in [9.17, 15) is 4.79 Å². The van der Waals surface area contributed by atoms with E-state index >= 15 is 0 Å². The molecule has 1 atom stereocenters. The highest BCUT2D eigenvalue weighted by molar-refractivity contribution is 8.00. The molecule has 0 aliphatic carbocycles. The van der Waals surface area contributed by atoms with Gasteiger partial charge in [-0.25, -0.2) is 0 Å². The average molecular weight is 359 g/mol. The van der Waals surface area contributed by atoms with Crippen molar-refractivity contribution < 1.29 is 13.9 Å². The quantitative estimate of drug-likeness (QED) is 0.695. The summed E-state index contributed by atoms with van der Waals surface area (Å²) in [6, 6.07) is 13.2. The summed E-state index contributed by atoms with van der Waals surface area (Å²) in [5, 5.41) is 9.39. The van der Waals surface area contributed by atoms with Gasteiger partial charge in [-0.05, 0) is 24.3 Å². The lowest BCUT2D eigenvalue weighted by molar-refractivity contribution is -0.115. The summed E-state index contributed by atoms with van der Waals surface area (Å²) >= 11 is 2.88. The molecule has 4 rings (SSSR count). The summed E-state index contributed by atoms with van der Waals surface area (Å²) in [5.74, 6) is 1.92. The molecule has 1 amide bonds. The molecule has 0 N–H and O–H groups in total. The highest BCUT2D eigenvalue weighted by Gasteiger charge is 2.37. The zero-order chi connectivity index (χ0) is 16.4. The van der Waals surface area contributed by atoms with Crippen molar-refractivity contribution in [3.63, 3.8) is 0 Å². The highest BCUT2D eigenvalue weighted by atomic mass is 32.2. The van der Waals surface area contributed by atoms with E-state index < -0.39 is 0 Å². The number of rotatable bonds is 5. The number of ether oxygens (including phenoxy) is 1. The molecule has 1 saturated heterocycles. The molecule has 1 unspecified atom stereocenters. The van der Waals surface area contributed by atoms with Crippen molar-refractivity contribution in [3.8, 4) is 5.75 Å². The van der Waals surface area contributed by atoms with Crippen LogP contribution in [0.4, 0.5) is 5.13 Å². The van der Waals surface area contributed by atoms with E-state index in [2.05, 4.69) is 10.2 Å². The van der Waals surface area contributed by atoms with Crippen molar-refractivity contribution in [2.24, 2.45) is 0 Å². The van der Waals surface area contributed by atoms with E-state index in [0.29, 0.717) is 17.5 Å². The molecule has 0 bridgehead atoms. The fourth-order valence-corrected chi connectivity index (χ4v) is 4.30. The lowest BCUT2D eigenvalue weighted by Crippen LogP contribution is -2.27. The zero-order valence-electron chi connectivity index (χ0n) is 12.5. The van der Waals surface area contributed by atoms with Gasteiger partial charge in [0, 0.05) is 0 Å². The van der Waals surface area contributed by atoms with Crippen LogP contribution in [-0.2, 0) is 11.4 Å². The van der Waals surface area contributed by atoms with Gasteiger partial charge in [-0.15, -0.1) is 22.0 Å². The number of para-hydroxylation sites is 1. The molecular formula is C16H13N3O3S2. The predicted molar refractivity (Wildman–Crippen MR) is 92.1 cm³/mol. The molecular weight excluding hydrogens is 346 g/mol. The number of aromatic nitrogens is 2. The lowest BCUT2D eigenvalue weighted by atomic mass is 10.3. The summed E-state index contributed by atoms with van der Waals surface area (Å²) in [4.78, 5) is 13.9. The van der Waals surface area contributed by atoms with Crippen LogP contribution in [0.1, 0.15) is 16.1 Å². The zero-order valence-corrected chi connectivity index (χ0v) is 14.1. The highest BCUT2D eigenvalue weighted by Crippen LogP contribution is 2.42. The Hall–Kier alpha value is -2.32. The van der Waals surface area contributed by atoms with Gasteiger partial charge in [0.2, 0.25) is 11.0 Å². The lowest BCUT2D eigenvalue weighted by Gasteiger charge is -2.18. The fourth-order valence-electron chi connectivity index (χ4n) is 2.34. The Morgan fingerprint density at radius 2 is 2.08 bits per heavy atom. The molecule has 3 aromatic rings. The normalized spacial score (nSPS) is 17.4. The van der Waals surface area contributed by atoms with Gasteiger partial charge in [-0.1, -0.05) is 29.5 Å². The number of carbonyl (C=O) groups excluding carboxylic acids is 1. The van der Waals surface area contributed by atoms with Crippen LogP contribution < -0.4 is 9.64 Å². The molecule has 1 aliphatic rings. The van der Waals surface area contributed by atoms with Crippen LogP contribution in [0.25, 0.3) is 0 Å². The first kappa shape index (κ1) is 15.2. The molecule has 0 saturated carbocycles. The summed E-state index contributed by atoms with van der Waals surface area (Å²) in [7, 11) is 0. The number of furan rings is 1. The first-order valence-electron chi connectivity index (χ1n) is 7.28. The molecule has 2 aromatic heterocycles. The third-order valence-electron chi connectivity index (χ3n) is 3.42. The Morgan fingerprint density at radius 1 is 1.21 bits per heavy atom. The van der Waals surface area contributed by atoms with E-state index in [0.717, 1.165) is 16.5 Å². The topological polar surface area (TPSA) is 68.5 Å². The monoisotopic (exact) mass is 359 g/mol. The number of benzene rings is 1. The minimum atomic E-state index is -0.191. The minimum Gasteiger partial charge on any atom is -0.486 e. The average Bonchev–Trinajstić information content (AvgIpc) is 3.34. The second-order valence-corrected chi connectivity index (χ2v) is 7.13. The Kier molecular flexibility index (Phi) is 4.22. The summed E-state index contributed by atoms with van der Waals surface area (Å²) < 4.78 is 11.1. The van der Waals surface area contributed by atoms with E-state index in [-0.39, 0.29) is 11.3 Å². The molecule has 0 spiro atoms. The van der Waals surface area contributed by atoms with Gasteiger partial charge in [-0.2, -0.15) is 0 Å². The Morgan fingerprint density at radius 3 is 2.88 bits per heavy atom. The van der Waals surface area contributed by atoms with Gasteiger partial charge in [0.25, 0.3) is 0 Å². The number of nitrogens with zero attached hydrogens (tertiary/aromatic N) is 3. The molecule has 1 aromatic carbocycles. The fraction of sp³-hybridized carbons (Fsp3) is 0.188. The first-order valence-corrected chi connectivity index (χ1v) is 9.15. The van der Waals surface area contributed by atoms with E-state index in [1.807, 2.05) is 42.5 Å². The number of hydrogen-bond donors (Lipinski definition) is 0. The first-order chi connectivity index (χ1) is 11.8. The molecule has 1 fully saturated rings. The van der Waals surface area contributed by atoms with E-state index in [4.69, 9.17) is 9.15 Å². The molecule has 122 valence electrons. The minimum absolute atomic E-state index is 0.00748. The Labute approximate surface area is 146 Å². The number of anilines is 1. The number of carbonyl (C=O) groups is 1. The van der Waals surface area contributed by atoms with Crippen molar-refractivity contribution in [1.29, 1.82) is 0 Å². The van der Waals surface area contributed by atoms with Crippen molar-refractivity contribution in [3.05, 3.63) is 59.5 Å². The molecule has 24 heavy (non-hydrogen) atoms. The summed E-state index contributed by atoms with van der Waals surface area (Å²) in [6.07, 6.45) is 1.61. The van der Waals surface area contributed by atoms with Crippen LogP contribution in [0.5, 0.6) is 5.75 Å². The standard InChI is InChI=1S/C16H13N3O3S2/c20-14-10-23-15(12-7-4-8-21-12)19(14)16-18-17-13(24-16)9-22-11-5-2-1-3-6-11/h1-8,15H,9-10H2. The second kappa shape index (κ2) is 6.66. The van der Waals surface area contributed by atoms with Crippen LogP contribution in [0.3, 0.4) is 0 Å². The molecule has 6 nitrogen and oxygen atoms in total.